The number of carbonyl (C=O) groups is 1. The van der Waals surface area contributed by atoms with E-state index in [0.29, 0.717) is 12.4 Å². The van der Waals surface area contributed by atoms with E-state index in [0.717, 1.165) is 31.2 Å². The first-order chi connectivity index (χ1) is 14.4. The molecule has 2 aromatic rings. The molecule has 1 amide bonds. The molecule has 0 spiro atoms. The van der Waals surface area contributed by atoms with E-state index in [4.69, 9.17) is 16.3 Å². The van der Waals surface area contributed by atoms with Gasteiger partial charge in [0.2, 0.25) is 15.9 Å². The standard InChI is InChI=1S/C22H27ClN2O4S/c1-2-29-21-13-12-18(15-19(21)23)30(27,28)25-20(14-16-8-4-3-5-9-16)22(26)24-17-10-6-7-11-17/h3-5,8-9,12-13,15,17,20,25H,2,6-7,10-11,14H2,1H3,(H,24,26)/t20-/m0/s1. The van der Waals surface area contributed by atoms with E-state index in [9.17, 15) is 13.2 Å². The van der Waals surface area contributed by atoms with Crippen molar-refractivity contribution in [3.63, 3.8) is 0 Å². The normalized spacial score (nSPS) is 15.7. The lowest BCUT2D eigenvalue weighted by atomic mass is 10.1. The maximum absolute atomic E-state index is 13.0. The van der Waals surface area contributed by atoms with Crippen LogP contribution >= 0.6 is 11.6 Å². The molecule has 8 heteroatoms. The SMILES string of the molecule is CCOc1ccc(S(=O)(=O)N[C@@H](Cc2ccccc2)C(=O)NC2CCCC2)cc1Cl. The highest BCUT2D eigenvalue weighted by Gasteiger charge is 2.28. The van der Waals surface area contributed by atoms with E-state index in [-0.39, 0.29) is 28.3 Å². The molecular weight excluding hydrogens is 424 g/mol. The summed E-state index contributed by atoms with van der Waals surface area (Å²) in [6, 6.07) is 12.8. The summed E-state index contributed by atoms with van der Waals surface area (Å²) in [6.07, 6.45) is 4.24. The van der Waals surface area contributed by atoms with Gasteiger partial charge in [-0.15, -0.1) is 0 Å². The van der Waals surface area contributed by atoms with Gasteiger partial charge in [-0.25, -0.2) is 8.42 Å². The van der Waals surface area contributed by atoms with Crippen LogP contribution in [0.4, 0.5) is 0 Å². The van der Waals surface area contributed by atoms with Gasteiger partial charge in [0.15, 0.2) is 0 Å². The van der Waals surface area contributed by atoms with Gasteiger partial charge in [-0.1, -0.05) is 54.8 Å². The van der Waals surface area contributed by atoms with Crippen LogP contribution in [-0.2, 0) is 21.2 Å². The second kappa shape index (κ2) is 10.3. The van der Waals surface area contributed by atoms with Crippen LogP contribution < -0.4 is 14.8 Å². The Balaban J connectivity index is 1.81. The van der Waals surface area contributed by atoms with Crippen LogP contribution in [0.25, 0.3) is 0 Å². The van der Waals surface area contributed by atoms with Crippen LogP contribution in [0.2, 0.25) is 5.02 Å². The Bertz CT molecular complexity index is 960. The van der Waals surface area contributed by atoms with Crippen molar-refractivity contribution < 1.29 is 17.9 Å². The Hall–Kier alpha value is -2.09. The third kappa shape index (κ3) is 5.97. The summed E-state index contributed by atoms with van der Waals surface area (Å²) in [7, 11) is -3.96. The number of sulfonamides is 1. The Morgan fingerprint density at radius 1 is 1.17 bits per heavy atom. The third-order valence-corrected chi connectivity index (χ3v) is 6.88. The zero-order valence-corrected chi connectivity index (χ0v) is 18.5. The molecule has 1 atom stereocenters. The van der Waals surface area contributed by atoms with Crippen LogP contribution in [0.5, 0.6) is 5.75 Å². The van der Waals surface area contributed by atoms with Gasteiger partial charge in [0.1, 0.15) is 11.8 Å². The van der Waals surface area contributed by atoms with Gasteiger partial charge in [0, 0.05) is 6.04 Å². The molecule has 0 saturated heterocycles. The molecule has 2 aromatic carbocycles. The molecule has 6 nitrogen and oxygen atoms in total. The lowest BCUT2D eigenvalue weighted by Crippen LogP contribution is -2.50. The van der Waals surface area contributed by atoms with Crippen LogP contribution in [-0.4, -0.2) is 33.0 Å². The van der Waals surface area contributed by atoms with E-state index in [1.54, 1.807) is 0 Å². The lowest BCUT2D eigenvalue weighted by molar-refractivity contribution is -0.123. The molecule has 1 aliphatic carbocycles. The summed E-state index contributed by atoms with van der Waals surface area (Å²) < 4.78 is 33.9. The topological polar surface area (TPSA) is 84.5 Å². The first kappa shape index (κ1) is 22.6. The number of amides is 1. The monoisotopic (exact) mass is 450 g/mol. The summed E-state index contributed by atoms with van der Waals surface area (Å²) in [6.45, 7) is 2.24. The highest BCUT2D eigenvalue weighted by Crippen LogP contribution is 2.27. The fraction of sp³-hybridized carbons (Fsp3) is 0.409. The second-order valence-electron chi connectivity index (χ2n) is 7.38. The van der Waals surface area contributed by atoms with E-state index in [2.05, 4.69) is 10.0 Å². The zero-order chi connectivity index (χ0) is 21.6. The Morgan fingerprint density at radius 3 is 2.50 bits per heavy atom. The van der Waals surface area contributed by atoms with Crippen molar-refractivity contribution in [2.24, 2.45) is 0 Å². The molecule has 0 heterocycles. The van der Waals surface area contributed by atoms with Crippen LogP contribution in [0, 0.1) is 0 Å². The molecule has 2 N–H and O–H groups in total. The van der Waals surface area contributed by atoms with Crippen molar-refractivity contribution in [3.05, 3.63) is 59.1 Å². The highest BCUT2D eigenvalue weighted by atomic mass is 35.5. The van der Waals surface area contributed by atoms with Crippen molar-refractivity contribution >= 4 is 27.5 Å². The summed E-state index contributed by atoms with van der Waals surface area (Å²) in [5, 5.41) is 3.20. The number of rotatable bonds is 9. The second-order valence-corrected chi connectivity index (χ2v) is 9.50. The van der Waals surface area contributed by atoms with Crippen molar-refractivity contribution in [2.45, 2.75) is 56.0 Å². The van der Waals surface area contributed by atoms with Crippen LogP contribution in [0.3, 0.4) is 0 Å². The van der Waals surface area contributed by atoms with Gasteiger partial charge >= 0.3 is 0 Å². The van der Waals surface area contributed by atoms with Gasteiger partial charge in [0.05, 0.1) is 16.5 Å². The van der Waals surface area contributed by atoms with Gasteiger partial charge in [0.25, 0.3) is 0 Å². The van der Waals surface area contributed by atoms with Gasteiger partial charge in [-0.2, -0.15) is 4.72 Å². The van der Waals surface area contributed by atoms with Crippen LogP contribution in [0.15, 0.2) is 53.4 Å². The third-order valence-electron chi connectivity index (χ3n) is 5.11. The van der Waals surface area contributed by atoms with E-state index < -0.39 is 16.1 Å². The summed E-state index contributed by atoms with van der Waals surface area (Å²) in [5.74, 6) is 0.101. The zero-order valence-electron chi connectivity index (χ0n) is 16.9. The number of carbonyl (C=O) groups excluding carboxylic acids is 1. The van der Waals surface area contributed by atoms with Crippen molar-refractivity contribution in [2.75, 3.05) is 6.61 Å². The van der Waals surface area contributed by atoms with Crippen molar-refractivity contribution in [1.82, 2.24) is 10.0 Å². The molecule has 0 bridgehead atoms. The Labute approximate surface area is 183 Å². The maximum atomic E-state index is 13.0. The molecule has 0 radical (unpaired) electrons. The minimum Gasteiger partial charge on any atom is -0.492 e. The fourth-order valence-corrected chi connectivity index (χ4v) is 5.11. The van der Waals surface area contributed by atoms with E-state index in [1.807, 2.05) is 37.3 Å². The molecule has 30 heavy (non-hydrogen) atoms. The number of hydrogen-bond acceptors (Lipinski definition) is 4. The van der Waals surface area contributed by atoms with E-state index in [1.165, 1.54) is 18.2 Å². The molecule has 0 aliphatic heterocycles. The average molecular weight is 451 g/mol. The molecule has 0 aromatic heterocycles. The fourth-order valence-electron chi connectivity index (χ4n) is 3.59. The highest BCUT2D eigenvalue weighted by molar-refractivity contribution is 7.89. The number of nitrogens with one attached hydrogen (secondary N) is 2. The van der Waals surface area contributed by atoms with Crippen LogP contribution in [0.1, 0.15) is 38.2 Å². The first-order valence-electron chi connectivity index (χ1n) is 10.2. The Kier molecular flexibility index (Phi) is 7.75. The van der Waals surface area contributed by atoms with Gasteiger partial charge in [-0.05, 0) is 49.9 Å². The molecule has 0 unspecified atom stereocenters. The van der Waals surface area contributed by atoms with Gasteiger partial charge in [-0.3, -0.25) is 4.79 Å². The lowest BCUT2D eigenvalue weighted by Gasteiger charge is -2.21. The molecule has 1 saturated carbocycles. The molecule has 1 fully saturated rings. The number of hydrogen-bond donors (Lipinski definition) is 2. The molecule has 1 aliphatic rings. The smallest absolute Gasteiger partial charge is 0.241 e. The maximum Gasteiger partial charge on any atom is 0.241 e. The van der Waals surface area contributed by atoms with Crippen molar-refractivity contribution in [3.8, 4) is 5.75 Å². The van der Waals surface area contributed by atoms with Gasteiger partial charge < -0.3 is 10.1 Å². The number of benzene rings is 2. The summed E-state index contributed by atoms with van der Waals surface area (Å²) in [5.41, 5.74) is 0.872. The minimum atomic E-state index is -3.96. The van der Waals surface area contributed by atoms with Crippen molar-refractivity contribution in [1.29, 1.82) is 0 Å². The Morgan fingerprint density at radius 2 is 1.87 bits per heavy atom. The molecular formula is C22H27ClN2O4S. The molecule has 3 rings (SSSR count). The quantitative estimate of drug-likeness (QED) is 0.610. The number of halogens is 1. The predicted octanol–water partition coefficient (Wildman–Crippen LogP) is 3.69. The molecule has 162 valence electrons. The summed E-state index contributed by atoms with van der Waals surface area (Å²) in [4.78, 5) is 12.9. The minimum absolute atomic E-state index is 0.0114. The predicted molar refractivity (Wildman–Crippen MR) is 117 cm³/mol. The van der Waals surface area contributed by atoms with E-state index >= 15 is 0 Å². The summed E-state index contributed by atoms with van der Waals surface area (Å²) >= 11 is 6.16. The number of ether oxygens (including phenoxy) is 1. The largest absolute Gasteiger partial charge is 0.492 e. The first-order valence-corrected chi connectivity index (χ1v) is 12.0. The average Bonchev–Trinajstić information content (AvgIpc) is 3.23.